The van der Waals surface area contributed by atoms with Gasteiger partial charge in [0.1, 0.15) is 0 Å². The van der Waals surface area contributed by atoms with Crippen molar-refractivity contribution >= 4 is 15.9 Å². The molecule has 0 saturated heterocycles. The Morgan fingerprint density at radius 2 is 2.00 bits per heavy atom. The summed E-state index contributed by atoms with van der Waals surface area (Å²) < 4.78 is 2.88. The van der Waals surface area contributed by atoms with Crippen LogP contribution in [0, 0.1) is 6.92 Å². The van der Waals surface area contributed by atoms with Crippen LogP contribution in [0.5, 0.6) is 0 Å². The van der Waals surface area contributed by atoms with E-state index in [1.807, 2.05) is 36.9 Å². The van der Waals surface area contributed by atoms with E-state index in [1.165, 1.54) is 5.56 Å². The van der Waals surface area contributed by atoms with Crippen molar-refractivity contribution < 1.29 is 5.11 Å². The number of rotatable bonds is 4. The quantitative estimate of drug-likeness (QED) is 0.932. The summed E-state index contributed by atoms with van der Waals surface area (Å²) >= 11 is 3.58. The van der Waals surface area contributed by atoms with Gasteiger partial charge in [-0.25, -0.2) is 0 Å². The number of halogens is 1. The van der Waals surface area contributed by atoms with E-state index in [4.69, 9.17) is 0 Å². The second kappa shape index (κ2) is 5.01. The number of aliphatic hydroxyl groups is 1. The van der Waals surface area contributed by atoms with Gasteiger partial charge in [0, 0.05) is 18.9 Å². The Bertz CT molecular complexity index is 617. The smallest absolute Gasteiger partial charge is 0.0738 e. The second-order valence-corrected chi connectivity index (χ2v) is 6.50. The van der Waals surface area contributed by atoms with E-state index in [-0.39, 0.29) is 11.5 Å². The lowest BCUT2D eigenvalue weighted by Crippen LogP contribution is -2.29. The molecule has 1 aliphatic rings. The lowest BCUT2D eigenvalue weighted by molar-refractivity contribution is 0.129. The second-order valence-electron chi connectivity index (χ2n) is 5.71. The highest BCUT2D eigenvalue weighted by atomic mass is 79.9. The molecule has 1 heterocycles. The predicted octanol–water partition coefficient (Wildman–Crippen LogP) is 3.13. The van der Waals surface area contributed by atoms with Crippen molar-refractivity contribution in [2.45, 2.75) is 37.7 Å². The minimum absolute atomic E-state index is 0.0567. The fraction of sp³-hybridized carbons (Fsp3) is 0.438. The molecule has 1 aromatic heterocycles. The van der Waals surface area contributed by atoms with Crippen LogP contribution in [-0.4, -0.2) is 21.0 Å². The van der Waals surface area contributed by atoms with Crippen LogP contribution < -0.4 is 0 Å². The molecule has 1 saturated carbocycles. The number of hydrogen-bond donors (Lipinski definition) is 1. The molecule has 0 spiro atoms. The third kappa shape index (κ3) is 2.21. The minimum Gasteiger partial charge on any atom is -0.392 e. The molecule has 1 atom stereocenters. The Morgan fingerprint density at radius 3 is 2.50 bits per heavy atom. The van der Waals surface area contributed by atoms with Gasteiger partial charge in [-0.15, -0.1) is 0 Å². The minimum atomic E-state index is -0.365. The zero-order valence-corrected chi connectivity index (χ0v) is 13.4. The van der Waals surface area contributed by atoms with Gasteiger partial charge in [0.15, 0.2) is 0 Å². The van der Waals surface area contributed by atoms with Crippen molar-refractivity contribution in [1.29, 1.82) is 0 Å². The fourth-order valence-corrected chi connectivity index (χ4v) is 3.50. The summed E-state index contributed by atoms with van der Waals surface area (Å²) in [5, 5.41) is 15.1. The third-order valence-electron chi connectivity index (χ3n) is 4.42. The van der Waals surface area contributed by atoms with Gasteiger partial charge in [0.25, 0.3) is 0 Å². The third-order valence-corrected chi connectivity index (χ3v) is 5.46. The van der Waals surface area contributed by atoms with Crippen LogP contribution >= 0.6 is 15.9 Å². The van der Waals surface area contributed by atoms with Crippen LogP contribution in [0.1, 0.15) is 29.8 Å². The van der Waals surface area contributed by atoms with Gasteiger partial charge in [-0.2, -0.15) is 5.10 Å². The molecule has 1 fully saturated rings. The summed E-state index contributed by atoms with van der Waals surface area (Å²) in [5.74, 6) is 0. The first-order valence-electron chi connectivity index (χ1n) is 6.96. The van der Waals surface area contributed by atoms with Crippen LogP contribution in [0.25, 0.3) is 0 Å². The number of hydrogen-bond acceptors (Lipinski definition) is 2. The monoisotopic (exact) mass is 334 g/mol. The largest absolute Gasteiger partial charge is 0.392 e. The average molecular weight is 335 g/mol. The van der Waals surface area contributed by atoms with Crippen LogP contribution in [0.4, 0.5) is 0 Å². The molecule has 3 rings (SSSR count). The van der Waals surface area contributed by atoms with Crippen LogP contribution in [-0.2, 0) is 18.9 Å². The first-order chi connectivity index (χ1) is 9.54. The maximum absolute atomic E-state index is 10.7. The average Bonchev–Trinajstić information content (AvgIpc) is 3.22. The van der Waals surface area contributed by atoms with Gasteiger partial charge in [0.2, 0.25) is 0 Å². The van der Waals surface area contributed by atoms with E-state index in [0.717, 1.165) is 28.7 Å². The molecule has 2 aromatic rings. The first kappa shape index (κ1) is 13.8. The van der Waals surface area contributed by atoms with Gasteiger partial charge >= 0.3 is 0 Å². The summed E-state index contributed by atoms with van der Waals surface area (Å²) in [6.07, 6.45) is 2.39. The number of aromatic nitrogens is 2. The Morgan fingerprint density at radius 1 is 1.35 bits per heavy atom. The van der Waals surface area contributed by atoms with E-state index in [1.54, 1.807) is 0 Å². The maximum atomic E-state index is 10.7. The molecule has 20 heavy (non-hydrogen) atoms. The standard InChI is InChI=1S/C16H19BrN2O/c1-11-15(17)13(19(2)18-11)10-14(20)16(8-9-16)12-6-4-3-5-7-12/h3-7,14,20H,8-10H2,1-2H3. The van der Waals surface area contributed by atoms with Gasteiger partial charge < -0.3 is 5.11 Å². The molecular formula is C16H19BrN2O. The van der Waals surface area contributed by atoms with Crippen molar-refractivity contribution in [2.24, 2.45) is 7.05 Å². The molecular weight excluding hydrogens is 316 g/mol. The zero-order valence-electron chi connectivity index (χ0n) is 11.8. The first-order valence-corrected chi connectivity index (χ1v) is 7.75. The summed E-state index contributed by atoms with van der Waals surface area (Å²) in [6.45, 7) is 1.98. The summed E-state index contributed by atoms with van der Waals surface area (Å²) in [7, 11) is 1.93. The number of benzene rings is 1. The van der Waals surface area contributed by atoms with Crippen molar-refractivity contribution in [3.8, 4) is 0 Å². The number of nitrogens with zero attached hydrogens (tertiary/aromatic N) is 2. The van der Waals surface area contributed by atoms with Crippen molar-refractivity contribution in [3.63, 3.8) is 0 Å². The van der Waals surface area contributed by atoms with E-state index in [0.29, 0.717) is 6.42 Å². The van der Waals surface area contributed by atoms with Crippen LogP contribution in [0.2, 0.25) is 0 Å². The van der Waals surface area contributed by atoms with Crippen molar-refractivity contribution in [2.75, 3.05) is 0 Å². The molecule has 1 N–H and O–H groups in total. The molecule has 0 radical (unpaired) electrons. The van der Waals surface area contributed by atoms with E-state index >= 15 is 0 Å². The van der Waals surface area contributed by atoms with Crippen LogP contribution in [0.15, 0.2) is 34.8 Å². The van der Waals surface area contributed by atoms with Crippen molar-refractivity contribution in [1.82, 2.24) is 9.78 Å². The van der Waals surface area contributed by atoms with Gasteiger partial charge in [-0.3, -0.25) is 4.68 Å². The van der Waals surface area contributed by atoms with Gasteiger partial charge in [-0.1, -0.05) is 30.3 Å². The molecule has 3 nitrogen and oxygen atoms in total. The number of aliphatic hydroxyl groups excluding tert-OH is 1. The topological polar surface area (TPSA) is 38.0 Å². The predicted molar refractivity (Wildman–Crippen MR) is 82.7 cm³/mol. The molecule has 0 aliphatic heterocycles. The van der Waals surface area contributed by atoms with Crippen LogP contribution in [0.3, 0.4) is 0 Å². The molecule has 1 aliphatic carbocycles. The summed E-state index contributed by atoms with van der Waals surface area (Å²) in [6, 6.07) is 10.4. The lowest BCUT2D eigenvalue weighted by Gasteiger charge is -2.23. The van der Waals surface area contributed by atoms with E-state index in [2.05, 4.69) is 33.2 Å². The zero-order chi connectivity index (χ0) is 14.3. The molecule has 0 bridgehead atoms. The molecule has 106 valence electrons. The Balaban J connectivity index is 1.85. The Hall–Kier alpha value is -1.13. The van der Waals surface area contributed by atoms with Gasteiger partial charge in [-0.05, 0) is 41.3 Å². The summed E-state index contributed by atoms with van der Waals surface area (Å²) in [4.78, 5) is 0. The van der Waals surface area contributed by atoms with E-state index in [9.17, 15) is 5.11 Å². The highest BCUT2D eigenvalue weighted by Gasteiger charge is 2.50. The maximum Gasteiger partial charge on any atom is 0.0738 e. The normalized spacial score (nSPS) is 18.0. The Kier molecular flexibility index (Phi) is 3.46. The van der Waals surface area contributed by atoms with Crippen molar-refractivity contribution in [3.05, 3.63) is 51.8 Å². The number of aryl methyl sites for hydroxylation is 2. The molecule has 1 aromatic carbocycles. The van der Waals surface area contributed by atoms with Gasteiger partial charge in [0.05, 0.1) is 22.0 Å². The lowest BCUT2D eigenvalue weighted by atomic mass is 9.87. The van der Waals surface area contributed by atoms with E-state index < -0.39 is 0 Å². The highest BCUT2D eigenvalue weighted by molar-refractivity contribution is 9.10. The summed E-state index contributed by atoms with van der Waals surface area (Å²) in [5.41, 5.74) is 3.23. The SMILES string of the molecule is Cc1nn(C)c(CC(O)C2(c3ccccc3)CC2)c1Br. The molecule has 0 amide bonds. The molecule has 4 heteroatoms. The fourth-order valence-electron chi connectivity index (χ4n) is 3.00. The highest BCUT2D eigenvalue weighted by Crippen LogP contribution is 2.51. The Labute approximate surface area is 127 Å². The molecule has 1 unspecified atom stereocenters.